The fourth-order valence-electron chi connectivity index (χ4n) is 1.61. The Morgan fingerprint density at radius 2 is 2.11 bits per heavy atom. The van der Waals surface area contributed by atoms with Crippen LogP contribution in [0.4, 0.5) is 0 Å². The Bertz CT molecular complexity index is 371. The summed E-state index contributed by atoms with van der Waals surface area (Å²) in [7, 11) is 0. The minimum absolute atomic E-state index is 0.212. The van der Waals surface area contributed by atoms with Gasteiger partial charge in [0.25, 0.3) is 0 Å². The van der Waals surface area contributed by atoms with Crippen molar-refractivity contribution in [1.29, 1.82) is 0 Å². The van der Waals surface area contributed by atoms with Crippen LogP contribution in [0.25, 0.3) is 0 Å². The van der Waals surface area contributed by atoms with Crippen molar-refractivity contribution in [3.05, 3.63) is 35.9 Å². The topological polar surface area (TPSA) is 34.1 Å². The first kappa shape index (κ1) is 13.2. The third-order valence-corrected chi connectivity index (χ3v) is 2.98. The van der Waals surface area contributed by atoms with Crippen molar-refractivity contribution in [1.82, 2.24) is 0 Å². The summed E-state index contributed by atoms with van der Waals surface area (Å²) < 4.78 is 10.7. The molecule has 0 saturated carbocycles. The van der Waals surface area contributed by atoms with Gasteiger partial charge >= 0.3 is 0 Å². The molecule has 0 N–H and O–H groups in total. The van der Waals surface area contributed by atoms with Gasteiger partial charge in [-0.3, -0.25) is 4.99 Å². The van der Waals surface area contributed by atoms with Gasteiger partial charge in [-0.25, -0.2) is 0 Å². The van der Waals surface area contributed by atoms with Crippen LogP contribution < -0.4 is 0 Å². The van der Waals surface area contributed by atoms with Crippen molar-refractivity contribution >= 4 is 6.21 Å². The zero-order chi connectivity index (χ0) is 12.8. The van der Waals surface area contributed by atoms with Crippen molar-refractivity contribution in [2.75, 3.05) is 19.8 Å². The smallest absolute Gasteiger partial charge is 0.104 e. The zero-order valence-electron chi connectivity index (χ0n) is 11.1. The van der Waals surface area contributed by atoms with E-state index in [1.54, 1.807) is 0 Å². The summed E-state index contributed by atoms with van der Waals surface area (Å²) in [5.41, 5.74) is 1.13. The molecule has 2 atom stereocenters. The van der Waals surface area contributed by atoms with Crippen LogP contribution in [0.15, 0.2) is 35.3 Å². The van der Waals surface area contributed by atoms with Crippen LogP contribution in [0.5, 0.6) is 0 Å². The Morgan fingerprint density at radius 1 is 1.39 bits per heavy atom. The Hall–Kier alpha value is -1.19. The summed E-state index contributed by atoms with van der Waals surface area (Å²) in [6, 6.07) is 10.4. The number of aliphatic imine (C=N–C) groups is 1. The molecule has 1 aliphatic heterocycles. The summed E-state index contributed by atoms with van der Waals surface area (Å²) >= 11 is 0. The monoisotopic (exact) mass is 247 g/mol. The minimum Gasteiger partial charge on any atom is -0.376 e. The van der Waals surface area contributed by atoms with Crippen molar-refractivity contribution in [2.24, 2.45) is 10.9 Å². The molecule has 0 bridgehead atoms. The van der Waals surface area contributed by atoms with Gasteiger partial charge < -0.3 is 9.47 Å². The number of benzene rings is 1. The maximum absolute atomic E-state index is 5.63. The highest BCUT2D eigenvalue weighted by atomic mass is 16.6. The molecule has 18 heavy (non-hydrogen) atoms. The number of epoxide rings is 1. The van der Waals surface area contributed by atoms with Gasteiger partial charge in [0.05, 0.1) is 25.9 Å². The Labute approximate surface area is 109 Å². The molecule has 1 heterocycles. The van der Waals surface area contributed by atoms with Crippen molar-refractivity contribution < 1.29 is 9.47 Å². The van der Waals surface area contributed by atoms with E-state index < -0.39 is 0 Å². The molecule has 0 spiro atoms. The van der Waals surface area contributed by atoms with Crippen LogP contribution in [0.3, 0.4) is 0 Å². The molecule has 2 unspecified atom stereocenters. The molecule has 3 heteroatoms. The second-order valence-corrected chi connectivity index (χ2v) is 4.99. The summed E-state index contributed by atoms with van der Waals surface area (Å²) in [6.07, 6.45) is 2.26. The zero-order valence-corrected chi connectivity index (χ0v) is 11.1. The maximum atomic E-state index is 5.63. The predicted molar refractivity (Wildman–Crippen MR) is 73.2 cm³/mol. The van der Waals surface area contributed by atoms with Gasteiger partial charge in [0, 0.05) is 6.21 Å². The van der Waals surface area contributed by atoms with E-state index in [0.717, 1.165) is 12.2 Å². The van der Waals surface area contributed by atoms with Crippen molar-refractivity contribution in [3.8, 4) is 0 Å². The fourth-order valence-corrected chi connectivity index (χ4v) is 1.61. The first-order valence-electron chi connectivity index (χ1n) is 6.53. The highest BCUT2D eigenvalue weighted by molar-refractivity contribution is 5.79. The number of hydrogen-bond donors (Lipinski definition) is 0. The van der Waals surface area contributed by atoms with E-state index in [1.165, 1.54) is 0 Å². The predicted octanol–water partition coefficient (Wildman–Crippen LogP) is 2.55. The summed E-state index contributed by atoms with van der Waals surface area (Å²) in [4.78, 5) is 4.62. The van der Waals surface area contributed by atoms with Gasteiger partial charge in [-0.15, -0.1) is 0 Å². The van der Waals surface area contributed by atoms with Gasteiger partial charge in [0.15, 0.2) is 0 Å². The molecule has 0 aliphatic carbocycles. The largest absolute Gasteiger partial charge is 0.376 e. The standard InChI is InChI=1S/C15H21NO2/c1-12(2)15(11-17-9-14-10-18-14)16-8-13-6-4-3-5-7-13/h3-8,12,14-15H,9-11H2,1-2H3. The van der Waals surface area contributed by atoms with Crippen LogP contribution >= 0.6 is 0 Å². The van der Waals surface area contributed by atoms with E-state index in [1.807, 2.05) is 24.4 Å². The first-order chi connectivity index (χ1) is 8.75. The van der Waals surface area contributed by atoms with Crippen LogP contribution in [0, 0.1) is 5.92 Å². The molecular formula is C15H21NO2. The molecule has 3 nitrogen and oxygen atoms in total. The molecule has 98 valence electrons. The lowest BCUT2D eigenvalue weighted by Gasteiger charge is -2.16. The summed E-state index contributed by atoms with van der Waals surface area (Å²) in [5.74, 6) is 0.477. The lowest BCUT2D eigenvalue weighted by molar-refractivity contribution is 0.0961. The van der Waals surface area contributed by atoms with Crippen molar-refractivity contribution in [3.63, 3.8) is 0 Å². The van der Waals surface area contributed by atoms with E-state index in [9.17, 15) is 0 Å². The van der Waals surface area contributed by atoms with Crippen LogP contribution in [0.1, 0.15) is 19.4 Å². The van der Waals surface area contributed by atoms with E-state index in [0.29, 0.717) is 25.2 Å². The fraction of sp³-hybridized carbons (Fsp3) is 0.533. The maximum Gasteiger partial charge on any atom is 0.104 e. The second-order valence-electron chi connectivity index (χ2n) is 4.99. The van der Waals surface area contributed by atoms with E-state index in [4.69, 9.17) is 9.47 Å². The second kappa shape index (κ2) is 6.66. The molecular weight excluding hydrogens is 226 g/mol. The summed E-state index contributed by atoms with van der Waals surface area (Å²) in [6.45, 7) is 6.55. The normalized spacial score (nSPS) is 20.5. The number of nitrogens with zero attached hydrogens (tertiary/aromatic N) is 1. The van der Waals surface area contributed by atoms with Crippen LogP contribution in [-0.2, 0) is 9.47 Å². The first-order valence-corrected chi connectivity index (χ1v) is 6.53. The highest BCUT2D eigenvalue weighted by Gasteiger charge is 2.23. The Kier molecular flexibility index (Phi) is 4.90. The molecule has 1 saturated heterocycles. The third-order valence-electron chi connectivity index (χ3n) is 2.98. The molecule has 1 aromatic carbocycles. The van der Waals surface area contributed by atoms with Gasteiger partial charge in [-0.1, -0.05) is 44.2 Å². The van der Waals surface area contributed by atoms with E-state index in [-0.39, 0.29) is 6.04 Å². The van der Waals surface area contributed by atoms with E-state index >= 15 is 0 Å². The van der Waals surface area contributed by atoms with Gasteiger partial charge in [0.1, 0.15) is 6.10 Å². The van der Waals surface area contributed by atoms with Gasteiger partial charge in [-0.05, 0) is 11.5 Å². The highest BCUT2D eigenvalue weighted by Crippen LogP contribution is 2.11. The number of ether oxygens (including phenoxy) is 2. The Balaban J connectivity index is 1.82. The Morgan fingerprint density at radius 3 is 2.72 bits per heavy atom. The SMILES string of the molecule is CC(C)C(COCC1CO1)N=Cc1ccccc1. The minimum atomic E-state index is 0.212. The molecule has 1 aliphatic rings. The molecule has 1 aromatic rings. The molecule has 0 radical (unpaired) electrons. The molecule has 2 rings (SSSR count). The van der Waals surface area contributed by atoms with E-state index in [2.05, 4.69) is 31.0 Å². The van der Waals surface area contributed by atoms with Crippen LogP contribution in [0.2, 0.25) is 0 Å². The quantitative estimate of drug-likeness (QED) is 0.548. The number of rotatable bonds is 7. The number of hydrogen-bond acceptors (Lipinski definition) is 3. The summed E-state index contributed by atoms with van der Waals surface area (Å²) in [5, 5.41) is 0. The van der Waals surface area contributed by atoms with Gasteiger partial charge in [0.2, 0.25) is 0 Å². The molecule has 0 aromatic heterocycles. The van der Waals surface area contributed by atoms with Crippen LogP contribution in [-0.4, -0.2) is 38.2 Å². The third kappa shape index (κ3) is 4.59. The average Bonchev–Trinajstić information content (AvgIpc) is 3.18. The lowest BCUT2D eigenvalue weighted by Crippen LogP contribution is -2.21. The van der Waals surface area contributed by atoms with Crippen molar-refractivity contribution in [2.45, 2.75) is 26.0 Å². The van der Waals surface area contributed by atoms with Gasteiger partial charge in [-0.2, -0.15) is 0 Å². The average molecular weight is 247 g/mol. The molecule has 1 fully saturated rings. The lowest BCUT2D eigenvalue weighted by atomic mass is 10.1. The molecule has 0 amide bonds.